The molecule has 0 bridgehead atoms. The first-order valence-electron chi connectivity index (χ1n) is 10.3. The van der Waals surface area contributed by atoms with Crippen molar-refractivity contribution in [3.8, 4) is 17.2 Å². The number of amides is 1. The van der Waals surface area contributed by atoms with E-state index in [4.69, 9.17) is 14.2 Å². The highest BCUT2D eigenvalue weighted by atomic mass is 32.2. The molecule has 2 aromatic carbocycles. The van der Waals surface area contributed by atoms with Crippen LogP contribution in [0.5, 0.6) is 17.2 Å². The molecule has 1 aliphatic carbocycles. The molecule has 0 spiro atoms. The number of nitrogens with one attached hydrogen (secondary N) is 1. The van der Waals surface area contributed by atoms with E-state index in [1.807, 2.05) is 0 Å². The number of hydrogen-bond acceptors (Lipinski definition) is 6. The maximum atomic E-state index is 12.7. The smallest absolute Gasteiger partial charge is 0.248 e. The largest absolute Gasteiger partial charge is 0.493 e. The van der Waals surface area contributed by atoms with E-state index in [1.54, 1.807) is 49.6 Å². The summed E-state index contributed by atoms with van der Waals surface area (Å²) < 4.78 is 41.8. The Balaban J connectivity index is 1.42. The maximum Gasteiger partial charge on any atom is 0.248 e. The van der Waals surface area contributed by atoms with E-state index in [9.17, 15) is 13.2 Å². The molecule has 4 rings (SSSR count). The number of benzene rings is 2. The number of carbonyl (C=O) groups is 1. The van der Waals surface area contributed by atoms with E-state index in [2.05, 4.69) is 5.32 Å². The third-order valence-corrected chi connectivity index (χ3v) is 7.75. The van der Waals surface area contributed by atoms with Gasteiger partial charge in [-0.15, -0.1) is 0 Å². The van der Waals surface area contributed by atoms with Crippen molar-refractivity contribution in [2.45, 2.75) is 35.8 Å². The Kier molecular flexibility index (Phi) is 6.18. The van der Waals surface area contributed by atoms with Gasteiger partial charge in [-0.3, -0.25) is 4.79 Å². The zero-order chi connectivity index (χ0) is 21.8. The summed E-state index contributed by atoms with van der Waals surface area (Å²) in [5.74, 6) is 1.34. The summed E-state index contributed by atoms with van der Waals surface area (Å²) in [6, 6.07) is 9.88. The van der Waals surface area contributed by atoms with Crippen molar-refractivity contribution >= 4 is 27.5 Å². The monoisotopic (exact) mass is 443 g/mol. The van der Waals surface area contributed by atoms with Gasteiger partial charge in [-0.2, -0.15) is 0 Å². The molecule has 0 saturated heterocycles. The van der Waals surface area contributed by atoms with Crippen LogP contribution in [0.25, 0.3) is 6.08 Å². The number of hydrogen-bond donors (Lipinski definition) is 1. The van der Waals surface area contributed by atoms with E-state index in [-0.39, 0.29) is 11.2 Å². The third kappa shape index (κ3) is 4.69. The molecule has 2 aliphatic rings. The number of rotatable bonds is 6. The highest BCUT2D eigenvalue weighted by molar-refractivity contribution is 7.92. The zero-order valence-electron chi connectivity index (χ0n) is 17.3. The number of fused-ring (bicyclic) bond motifs is 1. The second-order valence-electron chi connectivity index (χ2n) is 7.55. The summed E-state index contributed by atoms with van der Waals surface area (Å²) >= 11 is 0. The summed E-state index contributed by atoms with van der Waals surface area (Å²) in [5.41, 5.74) is 1.26. The molecule has 2 aromatic rings. The summed E-state index contributed by atoms with van der Waals surface area (Å²) in [5, 5.41) is 2.45. The van der Waals surface area contributed by atoms with Crippen LogP contribution in [0.3, 0.4) is 0 Å². The Morgan fingerprint density at radius 1 is 1.10 bits per heavy atom. The Morgan fingerprint density at radius 2 is 1.81 bits per heavy atom. The van der Waals surface area contributed by atoms with Crippen LogP contribution in [0.15, 0.2) is 47.4 Å². The van der Waals surface area contributed by atoms with Crippen LogP contribution in [0.4, 0.5) is 5.69 Å². The van der Waals surface area contributed by atoms with Gasteiger partial charge in [-0.1, -0.05) is 12.8 Å². The van der Waals surface area contributed by atoms with Crippen LogP contribution in [-0.4, -0.2) is 39.9 Å². The molecule has 31 heavy (non-hydrogen) atoms. The topological polar surface area (TPSA) is 90.9 Å². The Hall–Kier alpha value is -3.00. The average Bonchev–Trinajstić information content (AvgIpc) is 3.33. The molecule has 1 heterocycles. The zero-order valence-corrected chi connectivity index (χ0v) is 18.1. The number of anilines is 1. The SMILES string of the molecule is COc1cc(/C=C/C(=O)Nc2ccc(S(=O)(=O)C3CCCC3)cc2)cc2c1OCCO2. The van der Waals surface area contributed by atoms with E-state index in [0.717, 1.165) is 31.2 Å². The Labute approximate surface area is 181 Å². The van der Waals surface area contributed by atoms with Gasteiger partial charge in [0.1, 0.15) is 13.2 Å². The van der Waals surface area contributed by atoms with Crippen molar-refractivity contribution in [2.24, 2.45) is 0 Å². The molecule has 1 saturated carbocycles. The van der Waals surface area contributed by atoms with Crippen LogP contribution in [0.2, 0.25) is 0 Å². The second kappa shape index (κ2) is 9.01. The van der Waals surface area contributed by atoms with Crippen molar-refractivity contribution < 1.29 is 27.4 Å². The van der Waals surface area contributed by atoms with Crippen molar-refractivity contribution in [2.75, 3.05) is 25.6 Å². The van der Waals surface area contributed by atoms with Gasteiger partial charge >= 0.3 is 0 Å². The molecule has 8 heteroatoms. The van der Waals surface area contributed by atoms with Gasteiger partial charge < -0.3 is 19.5 Å². The number of ether oxygens (including phenoxy) is 3. The molecule has 1 N–H and O–H groups in total. The first-order chi connectivity index (χ1) is 15.0. The number of sulfone groups is 1. The molecular weight excluding hydrogens is 418 g/mol. The van der Waals surface area contributed by atoms with Crippen LogP contribution in [0, 0.1) is 0 Å². The van der Waals surface area contributed by atoms with Crippen molar-refractivity contribution in [1.29, 1.82) is 0 Å². The molecule has 1 aliphatic heterocycles. The van der Waals surface area contributed by atoms with E-state index in [0.29, 0.717) is 41.0 Å². The Bertz CT molecular complexity index is 1070. The third-order valence-electron chi connectivity index (χ3n) is 5.47. The quantitative estimate of drug-likeness (QED) is 0.683. The first kappa shape index (κ1) is 21.2. The van der Waals surface area contributed by atoms with Gasteiger partial charge in [-0.25, -0.2) is 8.42 Å². The van der Waals surface area contributed by atoms with Crippen LogP contribution in [-0.2, 0) is 14.6 Å². The predicted molar refractivity (Wildman–Crippen MR) is 118 cm³/mol. The minimum atomic E-state index is -3.31. The second-order valence-corrected chi connectivity index (χ2v) is 9.77. The van der Waals surface area contributed by atoms with Gasteiger partial charge in [0.05, 0.1) is 17.3 Å². The van der Waals surface area contributed by atoms with Gasteiger partial charge in [0.25, 0.3) is 0 Å². The lowest BCUT2D eigenvalue weighted by atomic mass is 10.1. The lowest BCUT2D eigenvalue weighted by Gasteiger charge is -2.20. The van der Waals surface area contributed by atoms with Gasteiger partial charge in [0.15, 0.2) is 21.3 Å². The standard InChI is InChI=1S/C23H25NO6S/c1-28-20-14-16(15-21-23(20)30-13-12-29-21)6-11-22(25)24-17-7-9-19(10-8-17)31(26,27)18-4-2-3-5-18/h6-11,14-15,18H,2-5,12-13H2,1H3,(H,24,25)/b11-6+. The molecular formula is C23H25NO6S. The minimum absolute atomic E-state index is 0.293. The molecule has 164 valence electrons. The highest BCUT2D eigenvalue weighted by Crippen LogP contribution is 2.40. The average molecular weight is 444 g/mol. The van der Waals surface area contributed by atoms with Crippen molar-refractivity contribution in [3.63, 3.8) is 0 Å². The molecule has 0 unspecified atom stereocenters. The summed E-state index contributed by atoms with van der Waals surface area (Å²) in [4.78, 5) is 12.6. The van der Waals surface area contributed by atoms with Crippen molar-refractivity contribution in [1.82, 2.24) is 0 Å². The van der Waals surface area contributed by atoms with Gasteiger partial charge in [0, 0.05) is 11.8 Å². The first-order valence-corrected chi connectivity index (χ1v) is 11.8. The Morgan fingerprint density at radius 3 is 2.52 bits per heavy atom. The molecule has 7 nitrogen and oxygen atoms in total. The maximum absolute atomic E-state index is 12.7. The molecule has 1 fully saturated rings. The lowest BCUT2D eigenvalue weighted by molar-refractivity contribution is -0.111. The molecule has 0 aromatic heterocycles. The summed E-state index contributed by atoms with van der Waals surface area (Å²) in [6.07, 6.45) is 6.40. The van der Waals surface area contributed by atoms with Crippen LogP contribution >= 0.6 is 0 Å². The normalized spacial score (nSPS) is 16.4. The minimum Gasteiger partial charge on any atom is -0.493 e. The van der Waals surface area contributed by atoms with Crippen molar-refractivity contribution in [3.05, 3.63) is 48.0 Å². The number of methoxy groups -OCH3 is 1. The fraction of sp³-hybridized carbons (Fsp3) is 0.348. The summed E-state index contributed by atoms with van der Waals surface area (Å²) in [6.45, 7) is 0.915. The summed E-state index contributed by atoms with van der Waals surface area (Å²) in [7, 11) is -1.76. The van der Waals surface area contributed by atoms with E-state index in [1.165, 1.54) is 6.08 Å². The highest BCUT2D eigenvalue weighted by Gasteiger charge is 2.30. The van der Waals surface area contributed by atoms with E-state index >= 15 is 0 Å². The predicted octanol–water partition coefficient (Wildman–Crippen LogP) is 3.83. The molecule has 0 atom stereocenters. The van der Waals surface area contributed by atoms with E-state index < -0.39 is 9.84 Å². The fourth-order valence-corrected chi connectivity index (χ4v) is 5.72. The van der Waals surface area contributed by atoms with Crippen LogP contribution < -0.4 is 19.5 Å². The molecule has 1 amide bonds. The lowest BCUT2D eigenvalue weighted by Crippen LogP contribution is -2.17. The van der Waals surface area contributed by atoms with Crippen LogP contribution in [0.1, 0.15) is 31.2 Å². The number of carbonyl (C=O) groups excluding carboxylic acids is 1. The molecule has 0 radical (unpaired) electrons. The fourth-order valence-electron chi connectivity index (χ4n) is 3.86. The van der Waals surface area contributed by atoms with Gasteiger partial charge in [0.2, 0.25) is 11.7 Å². The van der Waals surface area contributed by atoms with Gasteiger partial charge in [-0.05, 0) is 60.9 Å².